The smallest absolute Gasteiger partial charge is 0.312 e. The molecule has 0 aromatic rings. The Morgan fingerprint density at radius 1 is 1.41 bits per heavy atom. The van der Waals surface area contributed by atoms with Gasteiger partial charge in [0.1, 0.15) is 0 Å². The molecule has 1 rings (SSSR count). The summed E-state index contributed by atoms with van der Waals surface area (Å²) in [4.78, 5) is 16.5. The van der Waals surface area contributed by atoms with Crippen molar-refractivity contribution in [1.29, 1.82) is 0 Å². The van der Waals surface area contributed by atoms with Gasteiger partial charge >= 0.3 is 5.97 Å². The van der Waals surface area contributed by atoms with E-state index < -0.39 is 5.41 Å². The van der Waals surface area contributed by atoms with E-state index in [9.17, 15) is 4.79 Å². The number of piperazine rings is 1. The standard InChI is InChI=1S/C13H26N2O2/c1-6-15-8-7-14(9-11(15)2)10-13(3,4)12(16)17-5/h11H,6-10H2,1-5H3. The number of rotatable bonds is 4. The summed E-state index contributed by atoms with van der Waals surface area (Å²) >= 11 is 0. The zero-order valence-corrected chi connectivity index (χ0v) is 11.8. The van der Waals surface area contributed by atoms with Gasteiger partial charge in [-0.15, -0.1) is 0 Å². The van der Waals surface area contributed by atoms with Crippen LogP contribution in [-0.4, -0.2) is 61.6 Å². The molecule has 0 aromatic heterocycles. The normalized spacial score (nSPS) is 23.7. The minimum absolute atomic E-state index is 0.122. The van der Waals surface area contributed by atoms with Crippen LogP contribution < -0.4 is 0 Å². The number of likely N-dealkylation sites (N-methyl/N-ethyl adjacent to an activating group) is 1. The number of hydrogen-bond donors (Lipinski definition) is 0. The highest BCUT2D eigenvalue weighted by atomic mass is 16.5. The van der Waals surface area contributed by atoms with Crippen molar-refractivity contribution in [2.45, 2.75) is 33.7 Å². The third-order valence-corrected chi connectivity index (χ3v) is 3.61. The van der Waals surface area contributed by atoms with Crippen molar-refractivity contribution in [1.82, 2.24) is 9.80 Å². The number of hydrogen-bond acceptors (Lipinski definition) is 4. The highest BCUT2D eigenvalue weighted by molar-refractivity contribution is 5.76. The van der Waals surface area contributed by atoms with Crippen LogP contribution in [0.5, 0.6) is 0 Å². The number of carbonyl (C=O) groups is 1. The van der Waals surface area contributed by atoms with Crippen LogP contribution in [0.2, 0.25) is 0 Å². The molecule has 1 aliphatic rings. The second-order valence-corrected chi connectivity index (χ2v) is 5.59. The molecule has 1 aliphatic heterocycles. The van der Waals surface area contributed by atoms with Gasteiger partial charge in [0.25, 0.3) is 0 Å². The van der Waals surface area contributed by atoms with Gasteiger partial charge in [-0.25, -0.2) is 0 Å². The predicted octanol–water partition coefficient (Wildman–Crippen LogP) is 1.21. The van der Waals surface area contributed by atoms with Crippen molar-refractivity contribution >= 4 is 5.97 Å². The molecule has 100 valence electrons. The van der Waals surface area contributed by atoms with Gasteiger partial charge in [0.05, 0.1) is 12.5 Å². The summed E-state index contributed by atoms with van der Waals surface area (Å²) in [6.07, 6.45) is 0. The van der Waals surface area contributed by atoms with Gasteiger partial charge in [0.2, 0.25) is 0 Å². The number of esters is 1. The lowest BCUT2D eigenvalue weighted by Gasteiger charge is -2.41. The first-order valence-corrected chi connectivity index (χ1v) is 6.45. The molecule has 17 heavy (non-hydrogen) atoms. The van der Waals surface area contributed by atoms with E-state index in [2.05, 4.69) is 23.6 Å². The fourth-order valence-electron chi connectivity index (χ4n) is 2.58. The maximum absolute atomic E-state index is 11.6. The monoisotopic (exact) mass is 242 g/mol. The summed E-state index contributed by atoms with van der Waals surface area (Å²) in [5, 5.41) is 0. The Labute approximate surface area is 105 Å². The Morgan fingerprint density at radius 2 is 2.06 bits per heavy atom. The number of methoxy groups -OCH3 is 1. The van der Waals surface area contributed by atoms with Crippen LogP contribution in [0.1, 0.15) is 27.7 Å². The van der Waals surface area contributed by atoms with Crippen molar-refractivity contribution < 1.29 is 9.53 Å². The Kier molecular flexibility index (Phi) is 4.95. The highest BCUT2D eigenvalue weighted by Crippen LogP contribution is 2.21. The minimum Gasteiger partial charge on any atom is -0.469 e. The first-order chi connectivity index (χ1) is 7.90. The van der Waals surface area contributed by atoms with Crippen LogP contribution in [0.25, 0.3) is 0 Å². The van der Waals surface area contributed by atoms with Crippen LogP contribution in [0.3, 0.4) is 0 Å². The third-order valence-electron chi connectivity index (χ3n) is 3.61. The average Bonchev–Trinajstić information content (AvgIpc) is 2.27. The summed E-state index contributed by atoms with van der Waals surface area (Å²) in [7, 11) is 1.46. The summed E-state index contributed by atoms with van der Waals surface area (Å²) in [5.74, 6) is -0.122. The zero-order valence-electron chi connectivity index (χ0n) is 11.8. The van der Waals surface area contributed by atoms with Crippen LogP contribution in [0.15, 0.2) is 0 Å². The highest BCUT2D eigenvalue weighted by Gasteiger charge is 2.33. The molecule has 1 atom stereocenters. The molecule has 0 aliphatic carbocycles. The second-order valence-electron chi connectivity index (χ2n) is 5.59. The van der Waals surface area contributed by atoms with Gasteiger partial charge in [0, 0.05) is 32.2 Å². The predicted molar refractivity (Wildman–Crippen MR) is 68.9 cm³/mol. The van der Waals surface area contributed by atoms with Crippen LogP contribution in [0, 0.1) is 5.41 Å². The van der Waals surface area contributed by atoms with Gasteiger partial charge in [-0.2, -0.15) is 0 Å². The van der Waals surface area contributed by atoms with Crippen LogP contribution >= 0.6 is 0 Å². The molecule has 0 bridgehead atoms. The van der Waals surface area contributed by atoms with E-state index in [1.807, 2.05) is 13.8 Å². The lowest BCUT2D eigenvalue weighted by atomic mass is 9.92. The molecule has 0 aromatic carbocycles. The summed E-state index contributed by atoms with van der Waals surface area (Å²) in [6.45, 7) is 13.4. The minimum atomic E-state index is -0.414. The molecule has 1 fully saturated rings. The summed E-state index contributed by atoms with van der Waals surface area (Å²) < 4.78 is 4.85. The molecule has 4 nitrogen and oxygen atoms in total. The van der Waals surface area contributed by atoms with E-state index in [1.165, 1.54) is 7.11 Å². The van der Waals surface area contributed by atoms with Gasteiger partial charge in [0.15, 0.2) is 0 Å². The Balaban J connectivity index is 2.51. The van der Waals surface area contributed by atoms with Crippen LogP contribution in [0.4, 0.5) is 0 Å². The van der Waals surface area contributed by atoms with Gasteiger partial charge in [-0.3, -0.25) is 14.6 Å². The topological polar surface area (TPSA) is 32.8 Å². The molecule has 0 radical (unpaired) electrons. The van der Waals surface area contributed by atoms with E-state index in [-0.39, 0.29) is 5.97 Å². The van der Waals surface area contributed by atoms with Crippen molar-refractivity contribution in [2.24, 2.45) is 5.41 Å². The van der Waals surface area contributed by atoms with Crippen LogP contribution in [-0.2, 0) is 9.53 Å². The van der Waals surface area contributed by atoms with E-state index in [0.717, 1.165) is 32.7 Å². The Bertz CT molecular complexity index is 266. The molecule has 4 heteroatoms. The number of nitrogens with zero attached hydrogens (tertiary/aromatic N) is 2. The number of ether oxygens (including phenoxy) is 1. The lowest BCUT2D eigenvalue weighted by Crippen LogP contribution is -2.54. The van der Waals surface area contributed by atoms with E-state index >= 15 is 0 Å². The van der Waals surface area contributed by atoms with E-state index in [0.29, 0.717) is 6.04 Å². The molecule has 0 amide bonds. The third kappa shape index (κ3) is 3.68. The maximum Gasteiger partial charge on any atom is 0.312 e. The molecule has 1 heterocycles. The summed E-state index contributed by atoms with van der Waals surface area (Å²) in [5.41, 5.74) is -0.414. The Hall–Kier alpha value is -0.610. The first kappa shape index (κ1) is 14.5. The average molecular weight is 242 g/mol. The zero-order chi connectivity index (χ0) is 13.1. The molecular formula is C13H26N2O2. The SMILES string of the molecule is CCN1CCN(CC(C)(C)C(=O)OC)CC1C. The fourth-order valence-corrected chi connectivity index (χ4v) is 2.58. The van der Waals surface area contributed by atoms with Crippen molar-refractivity contribution in [2.75, 3.05) is 39.8 Å². The lowest BCUT2D eigenvalue weighted by molar-refractivity contribution is -0.152. The molecular weight excluding hydrogens is 216 g/mol. The van der Waals surface area contributed by atoms with Crippen molar-refractivity contribution in [3.63, 3.8) is 0 Å². The fraction of sp³-hybridized carbons (Fsp3) is 0.923. The number of carbonyl (C=O) groups excluding carboxylic acids is 1. The van der Waals surface area contributed by atoms with E-state index in [1.54, 1.807) is 0 Å². The van der Waals surface area contributed by atoms with Gasteiger partial charge in [-0.05, 0) is 27.3 Å². The second kappa shape index (κ2) is 5.83. The molecule has 0 saturated carbocycles. The van der Waals surface area contributed by atoms with Gasteiger partial charge < -0.3 is 4.74 Å². The molecule has 1 saturated heterocycles. The summed E-state index contributed by atoms with van der Waals surface area (Å²) in [6, 6.07) is 0.571. The van der Waals surface area contributed by atoms with Gasteiger partial charge in [-0.1, -0.05) is 6.92 Å². The molecule has 0 spiro atoms. The first-order valence-electron chi connectivity index (χ1n) is 6.45. The largest absolute Gasteiger partial charge is 0.469 e. The van der Waals surface area contributed by atoms with Crippen molar-refractivity contribution in [3.8, 4) is 0 Å². The molecule has 0 N–H and O–H groups in total. The Morgan fingerprint density at radius 3 is 2.53 bits per heavy atom. The van der Waals surface area contributed by atoms with E-state index in [4.69, 9.17) is 4.74 Å². The quantitative estimate of drug-likeness (QED) is 0.694. The molecule has 1 unspecified atom stereocenters. The maximum atomic E-state index is 11.6. The van der Waals surface area contributed by atoms with Crippen molar-refractivity contribution in [3.05, 3.63) is 0 Å².